The number of hydrogen-bond acceptors (Lipinski definition) is 8. The molecular weight excluding hydrogens is 653 g/mol. The molecule has 0 unspecified atom stereocenters. The molecule has 0 N–H and O–H groups in total. The predicted octanol–water partition coefficient (Wildman–Crippen LogP) is 6.92. The Balaban J connectivity index is 1.86. The maximum Gasteiger partial charge on any atom is 0.416 e. The van der Waals surface area contributed by atoms with E-state index in [1.54, 1.807) is 13.8 Å². The quantitative estimate of drug-likeness (QED) is 0.135. The molecule has 0 aromatic heterocycles. The van der Waals surface area contributed by atoms with Crippen LogP contribution in [0, 0.1) is 10.1 Å². The monoisotopic (exact) mass is 666 g/mol. The first kappa shape index (κ1) is 28.7. The third-order valence-electron chi connectivity index (χ3n) is 4.54. The average molecular weight is 668 g/mol. The number of carbonyl (C=O) groups excluding carboxylic acids is 3. The number of carbonyl (C=O) groups is 3. The summed E-state index contributed by atoms with van der Waals surface area (Å²) >= 11 is 7.11. The first-order valence-corrected chi connectivity index (χ1v) is 12.5. The van der Waals surface area contributed by atoms with Gasteiger partial charge < -0.3 is 9.47 Å². The summed E-state index contributed by atoms with van der Waals surface area (Å²) in [5, 5.41) is 10.7. The Morgan fingerprint density at radius 1 is 1.19 bits per heavy atom. The van der Waals surface area contributed by atoms with E-state index in [2.05, 4.69) is 31.9 Å². The minimum atomic E-state index is -4.78. The number of hydrogen-bond donors (Lipinski definition) is 0. The lowest BCUT2D eigenvalue weighted by Crippen LogP contribution is -2.35. The van der Waals surface area contributed by atoms with Crippen LogP contribution in [-0.4, -0.2) is 39.6 Å². The Kier molecular flexibility index (Phi) is 8.70. The lowest BCUT2D eigenvalue weighted by Gasteiger charge is -2.13. The molecule has 1 heterocycles. The number of benzene rings is 2. The molecule has 9 nitrogen and oxygen atoms in total. The summed E-state index contributed by atoms with van der Waals surface area (Å²) in [6, 6.07) is 4.81. The molecule has 0 aliphatic carbocycles. The summed E-state index contributed by atoms with van der Waals surface area (Å²) in [6.07, 6.45) is -3.80. The topological polar surface area (TPSA) is 116 Å². The fourth-order valence-electron chi connectivity index (χ4n) is 3.01. The molecule has 0 bridgehead atoms. The van der Waals surface area contributed by atoms with E-state index in [1.165, 1.54) is 18.2 Å². The van der Waals surface area contributed by atoms with E-state index in [0.717, 1.165) is 11.0 Å². The van der Waals surface area contributed by atoms with Crippen LogP contribution in [0.15, 0.2) is 44.2 Å². The second-order valence-corrected chi connectivity index (χ2v) is 10.4. The molecule has 2 aromatic rings. The lowest BCUT2D eigenvalue weighted by molar-refractivity contribution is -0.385. The number of halogens is 5. The van der Waals surface area contributed by atoms with E-state index in [4.69, 9.17) is 9.47 Å². The number of nitrogens with zero attached hydrogens (tertiary/aromatic N) is 2. The van der Waals surface area contributed by atoms with Crippen molar-refractivity contribution in [2.75, 3.05) is 6.54 Å². The van der Waals surface area contributed by atoms with Crippen LogP contribution in [0.2, 0.25) is 0 Å². The highest BCUT2D eigenvalue weighted by Crippen LogP contribution is 2.43. The van der Waals surface area contributed by atoms with Crippen molar-refractivity contribution in [1.82, 2.24) is 4.90 Å². The van der Waals surface area contributed by atoms with Gasteiger partial charge in [-0.15, -0.1) is 0 Å². The largest absolute Gasteiger partial charge is 0.462 e. The van der Waals surface area contributed by atoms with E-state index in [-0.39, 0.29) is 19.6 Å². The van der Waals surface area contributed by atoms with Crippen LogP contribution in [0.25, 0.3) is 6.08 Å². The lowest BCUT2D eigenvalue weighted by atomic mass is 10.1. The van der Waals surface area contributed by atoms with Crippen molar-refractivity contribution in [3.63, 3.8) is 0 Å². The van der Waals surface area contributed by atoms with Crippen molar-refractivity contribution in [2.24, 2.45) is 0 Å². The standard InChI is InChI=1S/C22H15Br2F3N2O7S/c1-10(2)35-18(30)9-28-20(31)17(37-21(28)32)7-11-5-13(23)19(14(24)6-11)36-16-4-3-12(22(25,26)27)8-15(16)29(33)34/h3-8,10H,9H2,1-2H3/b17-7-. The van der Waals surface area contributed by atoms with Gasteiger partial charge in [0, 0.05) is 6.07 Å². The molecule has 0 atom stereocenters. The molecule has 3 rings (SSSR count). The van der Waals surface area contributed by atoms with Gasteiger partial charge in [0.25, 0.3) is 11.1 Å². The molecule has 15 heteroatoms. The van der Waals surface area contributed by atoms with Crippen LogP contribution >= 0.6 is 43.6 Å². The van der Waals surface area contributed by atoms with E-state index >= 15 is 0 Å². The fraction of sp³-hybridized carbons (Fsp3) is 0.227. The third kappa shape index (κ3) is 6.90. The van der Waals surface area contributed by atoms with Crippen molar-refractivity contribution in [3.05, 3.63) is 65.4 Å². The van der Waals surface area contributed by atoms with Gasteiger partial charge in [-0.25, -0.2) is 0 Å². The van der Waals surface area contributed by atoms with Gasteiger partial charge in [0.1, 0.15) is 6.54 Å². The smallest absolute Gasteiger partial charge is 0.416 e. The predicted molar refractivity (Wildman–Crippen MR) is 134 cm³/mol. The van der Waals surface area contributed by atoms with Crippen LogP contribution < -0.4 is 4.74 Å². The number of thioether (sulfide) groups is 1. The van der Waals surface area contributed by atoms with Crippen molar-refractivity contribution in [3.8, 4) is 11.5 Å². The minimum Gasteiger partial charge on any atom is -0.462 e. The van der Waals surface area contributed by atoms with Crippen molar-refractivity contribution in [2.45, 2.75) is 26.1 Å². The summed E-state index contributed by atoms with van der Waals surface area (Å²) in [4.78, 5) is 47.9. The maximum atomic E-state index is 13.0. The maximum absolute atomic E-state index is 13.0. The molecule has 1 fully saturated rings. The Bertz CT molecular complexity index is 1310. The van der Waals surface area contributed by atoms with Gasteiger partial charge in [0.15, 0.2) is 5.75 Å². The molecule has 196 valence electrons. The summed E-state index contributed by atoms with van der Waals surface area (Å²) < 4.78 is 49.9. The van der Waals surface area contributed by atoms with E-state index < -0.39 is 57.9 Å². The molecule has 37 heavy (non-hydrogen) atoms. The number of nitro benzene ring substituents is 1. The summed E-state index contributed by atoms with van der Waals surface area (Å²) in [6.45, 7) is 2.72. The summed E-state index contributed by atoms with van der Waals surface area (Å²) in [5.41, 5.74) is -1.68. The minimum absolute atomic E-state index is 0.0181. The Labute approximate surface area is 228 Å². The van der Waals surface area contributed by atoms with Gasteiger partial charge in [0.05, 0.1) is 30.4 Å². The zero-order valence-corrected chi connectivity index (χ0v) is 22.8. The highest BCUT2D eigenvalue weighted by molar-refractivity contribution is 9.11. The average Bonchev–Trinajstić information content (AvgIpc) is 3.02. The van der Waals surface area contributed by atoms with Crippen molar-refractivity contribution >= 4 is 72.5 Å². The van der Waals surface area contributed by atoms with E-state index in [9.17, 15) is 37.7 Å². The number of rotatable bonds is 7. The molecule has 0 spiro atoms. The van der Waals surface area contributed by atoms with Crippen molar-refractivity contribution < 1.29 is 42.0 Å². The summed E-state index contributed by atoms with van der Waals surface area (Å²) in [7, 11) is 0. The van der Waals surface area contributed by atoms with Crippen LogP contribution in [0.5, 0.6) is 11.5 Å². The third-order valence-corrected chi connectivity index (χ3v) is 6.63. The molecular formula is C22H15Br2F3N2O7S. The number of esters is 1. The first-order valence-electron chi connectivity index (χ1n) is 10.1. The molecule has 1 aliphatic rings. The summed E-state index contributed by atoms with van der Waals surface area (Å²) in [5.74, 6) is -1.84. The number of amides is 2. The molecule has 0 radical (unpaired) electrons. The first-order chi connectivity index (χ1) is 17.2. The molecule has 0 saturated carbocycles. The number of imide groups is 1. The van der Waals surface area contributed by atoms with Gasteiger partial charge in [-0.1, -0.05) is 0 Å². The van der Waals surface area contributed by atoms with Crippen LogP contribution in [0.4, 0.5) is 23.7 Å². The highest BCUT2D eigenvalue weighted by atomic mass is 79.9. The molecule has 2 aromatic carbocycles. The van der Waals surface area contributed by atoms with Gasteiger partial charge in [-0.3, -0.25) is 29.4 Å². The van der Waals surface area contributed by atoms with Crippen LogP contribution in [-0.2, 0) is 20.5 Å². The SMILES string of the molecule is CC(C)OC(=O)CN1C(=O)S/C(=C\c2cc(Br)c(Oc3ccc(C(F)(F)F)cc3[N+](=O)[O-])c(Br)c2)C1=O. The Hall–Kier alpha value is -2.91. The van der Waals surface area contributed by atoms with Gasteiger partial charge in [-0.05, 0) is 93.4 Å². The van der Waals surface area contributed by atoms with Gasteiger partial charge in [0.2, 0.25) is 5.75 Å². The Morgan fingerprint density at radius 2 is 1.81 bits per heavy atom. The van der Waals surface area contributed by atoms with E-state index in [1.807, 2.05) is 0 Å². The van der Waals surface area contributed by atoms with Gasteiger partial charge >= 0.3 is 17.8 Å². The second-order valence-electron chi connectivity index (χ2n) is 7.66. The van der Waals surface area contributed by atoms with Crippen LogP contribution in [0.3, 0.4) is 0 Å². The fourth-order valence-corrected chi connectivity index (χ4v) is 5.23. The second kappa shape index (κ2) is 11.2. The van der Waals surface area contributed by atoms with Crippen LogP contribution in [0.1, 0.15) is 25.0 Å². The van der Waals surface area contributed by atoms with E-state index in [0.29, 0.717) is 29.5 Å². The highest BCUT2D eigenvalue weighted by Gasteiger charge is 2.37. The molecule has 2 amide bonds. The van der Waals surface area contributed by atoms with Crippen molar-refractivity contribution in [1.29, 1.82) is 0 Å². The van der Waals surface area contributed by atoms with Gasteiger partial charge in [-0.2, -0.15) is 13.2 Å². The Morgan fingerprint density at radius 3 is 2.35 bits per heavy atom. The number of alkyl halides is 3. The normalized spacial score (nSPS) is 15.0. The molecule has 1 aliphatic heterocycles. The number of nitro groups is 1. The zero-order valence-electron chi connectivity index (χ0n) is 18.8. The number of ether oxygens (including phenoxy) is 2. The zero-order chi connectivity index (χ0) is 27.7. The molecule has 1 saturated heterocycles.